The van der Waals surface area contributed by atoms with E-state index in [-0.39, 0.29) is 25.0 Å². The molecule has 0 aromatic heterocycles. The van der Waals surface area contributed by atoms with Crippen LogP contribution in [0.25, 0.3) is 0 Å². The van der Waals surface area contributed by atoms with Crippen molar-refractivity contribution in [2.45, 2.75) is 60.7 Å². The van der Waals surface area contributed by atoms with Crippen molar-refractivity contribution in [3.05, 3.63) is 97.1 Å². The molecule has 3 aliphatic heterocycles. The van der Waals surface area contributed by atoms with Crippen LogP contribution in [-0.4, -0.2) is 74.0 Å². The van der Waals surface area contributed by atoms with E-state index >= 15 is 0 Å². The molecule has 3 saturated heterocycles. The SMILES string of the molecule is C=CCCOC(=O)[C@H]1[C@H]2C(=O)N([C@@H](CO)Cc3ccccc3)C(C(=O)N(CC=C)Cc3ccccc3)C23CC[C@]1(C)S3. The highest BCUT2D eigenvalue weighted by Crippen LogP contribution is 2.71. The maximum absolute atomic E-state index is 14.7. The number of nitrogens with zero attached hydrogens (tertiary/aromatic N) is 2. The van der Waals surface area contributed by atoms with Gasteiger partial charge in [0.05, 0.1) is 35.8 Å². The average molecular weight is 589 g/mol. The van der Waals surface area contributed by atoms with E-state index in [4.69, 9.17) is 4.74 Å². The Kier molecular flexibility index (Phi) is 8.94. The summed E-state index contributed by atoms with van der Waals surface area (Å²) in [5, 5.41) is 10.7. The minimum absolute atomic E-state index is 0.182. The van der Waals surface area contributed by atoms with Crippen LogP contribution >= 0.6 is 11.8 Å². The lowest BCUT2D eigenvalue weighted by atomic mass is 9.66. The zero-order chi connectivity index (χ0) is 29.9. The summed E-state index contributed by atoms with van der Waals surface area (Å²) in [5.41, 5.74) is 1.93. The van der Waals surface area contributed by atoms with Gasteiger partial charge >= 0.3 is 5.97 Å². The first kappa shape index (κ1) is 30.1. The molecule has 2 bridgehead atoms. The standard InChI is InChI=1S/C34H40N2O5S/c1-4-6-20-41-32(40)28-27-30(38)36(26(23-37)21-24-13-9-7-10-14-24)29(34(27)18-17-33(28,3)42-34)31(39)35(19-5-2)22-25-15-11-8-12-16-25/h4-5,7-16,26-29,37H,1-2,6,17-23H2,3H3/t26-,27+,28-,29?,33+,34?/m1/s1. The zero-order valence-electron chi connectivity index (χ0n) is 24.2. The summed E-state index contributed by atoms with van der Waals surface area (Å²) < 4.78 is 4.34. The zero-order valence-corrected chi connectivity index (χ0v) is 25.0. The lowest BCUT2D eigenvalue weighted by molar-refractivity contribution is -0.156. The first-order valence-electron chi connectivity index (χ1n) is 14.7. The van der Waals surface area contributed by atoms with Crippen LogP contribution in [0.2, 0.25) is 0 Å². The fraction of sp³-hybridized carbons (Fsp3) is 0.441. The number of hydrogen-bond donors (Lipinski definition) is 1. The van der Waals surface area contributed by atoms with Gasteiger partial charge in [0.15, 0.2) is 0 Å². The Bertz CT molecular complexity index is 1320. The molecule has 2 unspecified atom stereocenters. The molecule has 2 amide bonds. The normalized spacial score (nSPS) is 28.3. The van der Waals surface area contributed by atoms with Crippen LogP contribution in [0, 0.1) is 11.8 Å². The van der Waals surface area contributed by atoms with Gasteiger partial charge in [0.1, 0.15) is 6.04 Å². The summed E-state index contributed by atoms with van der Waals surface area (Å²) in [6.45, 7) is 10.2. The van der Waals surface area contributed by atoms with Gasteiger partial charge in [0.25, 0.3) is 0 Å². The van der Waals surface area contributed by atoms with Crippen molar-refractivity contribution in [1.29, 1.82) is 0 Å². The Morgan fingerprint density at radius 2 is 1.76 bits per heavy atom. The van der Waals surface area contributed by atoms with E-state index in [0.29, 0.717) is 38.8 Å². The molecule has 2 aromatic carbocycles. The lowest BCUT2D eigenvalue weighted by Gasteiger charge is -2.39. The maximum Gasteiger partial charge on any atom is 0.311 e. The maximum atomic E-state index is 14.7. The Labute approximate surface area is 252 Å². The third-order valence-corrected chi connectivity index (χ3v) is 11.1. The van der Waals surface area contributed by atoms with Crippen LogP contribution < -0.4 is 0 Å². The molecule has 6 atom stereocenters. The largest absolute Gasteiger partial charge is 0.465 e. The fourth-order valence-corrected chi connectivity index (χ4v) is 9.55. The Balaban J connectivity index is 1.57. The number of aliphatic hydroxyl groups excluding tert-OH is 1. The van der Waals surface area contributed by atoms with Crippen LogP contribution in [0.5, 0.6) is 0 Å². The minimum Gasteiger partial charge on any atom is -0.465 e. The van der Waals surface area contributed by atoms with Gasteiger partial charge in [-0.25, -0.2) is 0 Å². The molecule has 0 saturated carbocycles. The number of rotatable bonds is 13. The quantitative estimate of drug-likeness (QED) is 0.212. The fourth-order valence-electron chi connectivity index (χ4n) is 7.23. The number of fused-ring (bicyclic) bond motifs is 1. The summed E-state index contributed by atoms with van der Waals surface area (Å²) in [7, 11) is 0. The third kappa shape index (κ3) is 5.31. The van der Waals surface area contributed by atoms with Crippen LogP contribution in [-0.2, 0) is 32.1 Å². The number of carbonyl (C=O) groups excluding carboxylic acids is 3. The van der Waals surface area contributed by atoms with Crippen LogP contribution in [0.3, 0.4) is 0 Å². The van der Waals surface area contributed by atoms with E-state index in [2.05, 4.69) is 13.2 Å². The van der Waals surface area contributed by atoms with Gasteiger partial charge < -0.3 is 19.6 Å². The number of esters is 1. The summed E-state index contributed by atoms with van der Waals surface area (Å²) in [6, 6.07) is 18.0. The van der Waals surface area contributed by atoms with Gasteiger partial charge in [-0.1, -0.05) is 72.8 Å². The summed E-state index contributed by atoms with van der Waals surface area (Å²) in [6.07, 6.45) is 5.64. The van der Waals surface area contributed by atoms with E-state index in [1.807, 2.05) is 67.6 Å². The Hall–Kier alpha value is -3.36. The van der Waals surface area contributed by atoms with Gasteiger partial charge in [-0.15, -0.1) is 24.9 Å². The number of thioether (sulfide) groups is 1. The third-order valence-electron chi connectivity index (χ3n) is 9.06. The lowest BCUT2D eigenvalue weighted by Crippen LogP contribution is -2.57. The number of amides is 2. The molecule has 7 nitrogen and oxygen atoms in total. The van der Waals surface area contributed by atoms with Crippen molar-refractivity contribution < 1.29 is 24.2 Å². The Morgan fingerprint density at radius 1 is 1.10 bits per heavy atom. The van der Waals surface area contributed by atoms with Gasteiger partial charge in [-0.2, -0.15) is 0 Å². The van der Waals surface area contributed by atoms with E-state index in [0.717, 1.165) is 11.1 Å². The highest BCUT2D eigenvalue weighted by molar-refractivity contribution is 8.02. The molecule has 1 N–H and O–H groups in total. The van der Waals surface area contributed by atoms with Crippen LogP contribution in [0.1, 0.15) is 37.3 Å². The first-order chi connectivity index (χ1) is 20.3. The van der Waals surface area contributed by atoms with Gasteiger partial charge in [-0.05, 0) is 43.7 Å². The molecule has 5 rings (SSSR count). The second kappa shape index (κ2) is 12.5. The van der Waals surface area contributed by atoms with Crippen molar-refractivity contribution in [3.8, 4) is 0 Å². The monoisotopic (exact) mass is 588 g/mol. The molecule has 222 valence electrons. The predicted octanol–water partition coefficient (Wildman–Crippen LogP) is 4.41. The van der Waals surface area contributed by atoms with Crippen molar-refractivity contribution in [2.75, 3.05) is 19.8 Å². The Morgan fingerprint density at radius 3 is 2.38 bits per heavy atom. The van der Waals surface area contributed by atoms with Gasteiger partial charge in [-0.3, -0.25) is 14.4 Å². The summed E-state index contributed by atoms with van der Waals surface area (Å²) in [4.78, 5) is 46.3. The molecule has 1 spiro atoms. The van der Waals surface area contributed by atoms with Crippen molar-refractivity contribution in [3.63, 3.8) is 0 Å². The summed E-state index contributed by atoms with van der Waals surface area (Å²) in [5.74, 6) is -2.21. The highest BCUT2D eigenvalue weighted by atomic mass is 32.2. The van der Waals surface area contributed by atoms with Crippen molar-refractivity contribution in [2.24, 2.45) is 11.8 Å². The van der Waals surface area contributed by atoms with Crippen LogP contribution in [0.4, 0.5) is 0 Å². The predicted molar refractivity (Wildman–Crippen MR) is 164 cm³/mol. The number of benzene rings is 2. The van der Waals surface area contributed by atoms with Crippen LogP contribution in [0.15, 0.2) is 86.0 Å². The van der Waals surface area contributed by atoms with Crippen molar-refractivity contribution in [1.82, 2.24) is 9.80 Å². The highest BCUT2D eigenvalue weighted by Gasteiger charge is 2.78. The second-order valence-electron chi connectivity index (χ2n) is 11.7. The van der Waals surface area contributed by atoms with E-state index in [9.17, 15) is 19.5 Å². The molecular weight excluding hydrogens is 548 g/mol. The first-order valence-corrected chi connectivity index (χ1v) is 15.5. The van der Waals surface area contributed by atoms with Gasteiger partial charge in [0.2, 0.25) is 11.8 Å². The molecule has 3 heterocycles. The molecule has 2 aromatic rings. The number of carbonyl (C=O) groups is 3. The number of ether oxygens (including phenoxy) is 1. The molecule has 3 aliphatic rings. The molecule has 3 fully saturated rings. The van der Waals surface area contributed by atoms with E-state index < -0.39 is 39.4 Å². The minimum atomic E-state index is -0.836. The van der Waals surface area contributed by atoms with Gasteiger partial charge in [0, 0.05) is 17.8 Å². The topological polar surface area (TPSA) is 87.1 Å². The smallest absolute Gasteiger partial charge is 0.311 e. The molecule has 8 heteroatoms. The second-order valence-corrected chi connectivity index (χ2v) is 13.6. The molecule has 0 radical (unpaired) electrons. The molecule has 42 heavy (non-hydrogen) atoms. The molecular formula is C34H40N2O5S. The number of hydrogen-bond acceptors (Lipinski definition) is 6. The average Bonchev–Trinajstić information content (AvgIpc) is 3.57. The van der Waals surface area contributed by atoms with E-state index in [1.165, 1.54) is 0 Å². The number of aliphatic hydroxyl groups is 1. The molecule has 0 aliphatic carbocycles. The van der Waals surface area contributed by atoms with Crippen molar-refractivity contribution >= 4 is 29.5 Å². The summed E-state index contributed by atoms with van der Waals surface area (Å²) >= 11 is 1.61. The van der Waals surface area contributed by atoms with E-state index in [1.54, 1.807) is 33.7 Å². The number of likely N-dealkylation sites (tertiary alicyclic amines) is 1.